The van der Waals surface area contributed by atoms with Gasteiger partial charge in [-0.05, 0) is 55.9 Å². The third kappa shape index (κ3) is 5.82. The molecule has 0 aliphatic heterocycles. The molecule has 0 bridgehead atoms. The predicted molar refractivity (Wildman–Crippen MR) is 83.3 cm³/mol. The fourth-order valence-electron chi connectivity index (χ4n) is 3.27. The highest BCUT2D eigenvalue weighted by molar-refractivity contribution is 5.69. The summed E-state index contributed by atoms with van der Waals surface area (Å²) in [5.74, 6) is 2.31. The molecule has 1 saturated carbocycles. The molecular weight excluding hydrogens is 250 g/mol. The van der Waals surface area contributed by atoms with E-state index in [1.807, 2.05) is 0 Å². The Kier molecular flexibility index (Phi) is 7.57. The summed E-state index contributed by atoms with van der Waals surface area (Å²) in [7, 11) is 0. The number of rotatable bonds is 7. The van der Waals surface area contributed by atoms with E-state index in [0.717, 1.165) is 19.3 Å². The van der Waals surface area contributed by atoms with Crippen molar-refractivity contribution in [3.05, 3.63) is 0 Å². The minimum absolute atomic E-state index is 0.0152. The summed E-state index contributed by atoms with van der Waals surface area (Å²) in [5, 5.41) is 0. The van der Waals surface area contributed by atoms with Crippen LogP contribution in [0.2, 0.25) is 0 Å². The number of ether oxygens (including phenoxy) is 1. The maximum Gasteiger partial charge on any atom is 0.306 e. The topological polar surface area (TPSA) is 52.3 Å². The number of hydrogen-bond acceptors (Lipinski definition) is 3. The lowest BCUT2D eigenvalue weighted by molar-refractivity contribution is -0.156. The zero-order valence-electron chi connectivity index (χ0n) is 13.7. The second-order valence-electron chi connectivity index (χ2n) is 7.08. The average molecular weight is 283 g/mol. The molecule has 118 valence electrons. The summed E-state index contributed by atoms with van der Waals surface area (Å²) in [4.78, 5) is 12.0. The van der Waals surface area contributed by atoms with E-state index in [-0.39, 0.29) is 12.1 Å². The molecule has 20 heavy (non-hydrogen) atoms. The minimum Gasteiger partial charge on any atom is -0.462 e. The fraction of sp³-hybridized carbons (Fsp3) is 0.941. The minimum atomic E-state index is -0.0152. The van der Waals surface area contributed by atoms with E-state index in [2.05, 4.69) is 27.7 Å². The first-order valence-corrected chi connectivity index (χ1v) is 8.33. The number of esters is 1. The van der Waals surface area contributed by atoms with Crippen molar-refractivity contribution < 1.29 is 9.53 Å². The van der Waals surface area contributed by atoms with Gasteiger partial charge in [0.05, 0.1) is 0 Å². The van der Waals surface area contributed by atoms with Crippen molar-refractivity contribution in [2.24, 2.45) is 29.4 Å². The van der Waals surface area contributed by atoms with Gasteiger partial charge in [0.2, 0.25) is 0 Å². The van der Waals surface area contributed by atoms with Gasteiger partial charge < -0.3 is 10.5 Å². The molecule has 4 atom stereocenters. The van der Waals surface area contributed by atoms with Crippen LogP contribution in [0.4, 0.5) is 0 Å². The molecule has 0 spiro atoms. The van der Waals surface area contributed by atoms with E-state index < -0.39 is 0 Å². The van der Waals surface area contributed by atoms with Crippen molar-refractivity contribution in [2.45, 2.75) is 72.3 Å². The first-order valence-electron chi connectivity index (χ1n) is 8.33. The Hall–Kier alpha value is -0.570. The highest BCUT2D eigenvalue weighted by atomic mass is 16.5. The molecule has 1 rings (SSSR count). The summed E-state index contributed by atoms with van der Waals surface area (Å²) in [6.45, 7) is 9.60. The summed E-state index contributed by atoms with van der Waals surface area (Å²) in [6, 6.07) is 0. The molecular formula is C17H33NO2. The first-order chi connectivity index (χ1) is 9.43. The Morgan fingerprint density at radius 3 is 2.55 bits per heavy atom. The molecule has 2 N–H and O–H groups in total. The molecule has 1 aliphatic carbocycles. The maximum absolute atomic E-state index is 12.0. The maximum atomic E-state index is 12.0. The van der Waals surface area contributed by atoms with Crippen LogP contribution in [0, 0.1) is 23.7 Å². The zero-order chi connectivity index (χ0) is 15.1. The monoisotopic (exact) mass is 283 g/mol. The molecule has 0 aromatic heterocycles. The third-order valence-electron chi connectivity index (χ3n) is 4.74. The van der Waals surface area contributed by atoms with Gasteiger partial charge in [-0.15, -0.1) is 0 Å². The number of carbonyl (C=O) groups is 1. The highest BCUT2D eigenvalue weighted by Crippen LogP contribution is 2.35. The Morgan fingerprint density at radius 1 is 1.25 bits per heavy atom. The zero-order valence-corrected chi connectivity index (χ0v) is 13.7. The van der Waals surface area contributed by atoms with Crippen molar-refractivity contribution in [3.63, 3.8) is 0 Å². The number of hydrogen-bond donors (Lipinski definition) is 1. The fourth-order valence-corrected chi connectivity index (χ4v) is 3.27. The summed E-state index contributed by atoms with van der Waals surface area (Å²) >= 11 is 0. The summed E-state index contributed by atoms with van der Waals surface area (Å²) in [5.41, 5.74) is 5.54. The number of carbonyl (C=O) groups excluding carboxylic acids is 1. The normalized spacial score (nSPS) is 28.4. The SMILES string of the molecule is CC(CCN)CCC(=O)OC1CC(C)CCC1C(C)C. The molecule has 0 amide bonds. The van der Waals surface area contributed by atoms with Gasteiger partial charge in [0.15, 0.2) is 0 Å². The van der Waals surface area contributed by atoms with Crippen LogP contribution >= 0.6 is 0 Å². The largest absolute Gasteiger partial charge is 0.462 e. The summed E-state index contributed by atoms with van der Waals surface area (Å²) in [6.07, 6.45) is 6.05. The molecule has 1 fully saturated rings. The van der Waals surface area contributed by atoms with Crippen LogP contribution in [0.25, 0.3) is 0 Å². The van der Waals surface area contributed by atoms with Crippen LogP contribution in [-0.4, -0.2) is 18.6 Å². The van der Waals surface area contributed by atoms with Gasteiger partial charge in [-0.25, -0.2) is 0 Å². The van der Waals surface area contributed by atoms with E-state index in [0.29, 0.717) is 36.6 Å². The van der Waals surface area contributed by atoms with Crippen molar-refractivity contribution in [2.75, 3.05) is 6.54 Å². The van der Waals surface area contributed by atoms with E-state index in [9.17, 15) is 4.79 Å². The van der Waals surface area contributed by atoms with Gasteiger partial charge in [0, 0.05) is 6.42 Å². The summed E-state index contributed by atoms with van der Waals surface area (Å²) < 4.78 is 5.79. The Morgan fingerprint density at radius 2 is 1.95 bits per heavy atom. The standard InChI is InChI=1S/C17H33NO2/c1-12(2)15-7-5-14(4)11-16(15)20-17(19)8-6-13(3)9-10-18/h12-16H,5-11,18H2,1-4H3. The van der Waals surface area contributed by atoms with Crippen molar-refractivity contribution in [1.82, 2.24) is 0 Å². The highest BCUT2D eigenvalue weighted by Gasteiger charge is 2.33. The van der Waals surface area contributed by atoms with Gasteiger partial charge in [0.25, 0.3) is 0 Å². The molecule has 4 unspecified atom stereocenters. The molecule has 0 radical (unpaired) electrons. The average Bonchev–Trinajstić information content (AvgIpc) is 2.36. The Balaban J connectivity index is 2.41. The lowest BCUT2D eigenvalue weighted by atomic mass is 9.75. The lowest BCUT2D eigenvalue weighted by Gasteiger charge is -2.36. The Labute approximate surface area is 124 Å². The quantitative estimate of drug-likeness (QED) is 0.724. The predicted octanol–water partition coefficient (Wildman–Crippen LogP) is 3.76. The van der Waals surface area contributed by atoms with Crippen LogP contribution in [0.5, 0.6) is 0 Å². The second kappa shape index (κ2) is 8.66. The van der Waals surface area contributed by atoms with Gasteiger partial charge in [-0.3, -0.25) is 4.79 Å². The van der Waals surface area contributed by atoms with Crippen molar-refractivity contribution in [1.29, 1.82) is 0 Å². The molecule has 3 heteroatoms. The lowest BCUT2D eigenvalue weighted by Crippen LogP contribution is -2.35. The van der Waals surface area contributed by atoms with E-state index in [4.69, 9.17) is 10.5 Å². The van der Waals surface area contributed by atoms with Crippen LogP contribution in [0.15, 0.2) is 0 Å². The molecule has 0 aromatic carbocycles. The second-order valence-corrected chi connectivity index (χ2v) is 7.08. The molecule has 1 aliphatic rings. The Bertz CT molecular complexity index is 291. The van der Waals surface area contributed by atoms with Gasteiger partial charge in [-0.1, -0.05) is 34.1 Å². The van der Waals surface area contributed by atoms with Gasteiger partial charge >= 0.3 is 5.97 Å². The van der Waals surface area contributed by atoms with Crippen molar-refractivity contribution in [3.8, 4) is 0 Å². The molecule has 0 aromatic rings. The molecule has 0 heterocycles. The van der Waals surface area contributed by atoms with Crippen LogP contribution in [-0.2, 0) is 9.53 Å². The van der Waals surface area contributed by atoms with Gasteiger partial charge in [-0.2, -0.15) is 0 Å². The van der Waals surface area contributed by atoms with E-state index >= 15 is 0 Å². The van der Waals surface area contributed by atoms with Crippen LogP contribution < -0.4 is 5.73 Å². The molecule has 3 nitrogen and oxygen atoms in total. The van der Waals surface area contributed by atoms with E-state index in [1.165, 1.54) is 12.8 Å². The van der Waals surface area contributed by atoms with Crippen LogP contribution in [0.1, 0.15) is 66.2 Å². The van der Waals surface area contributed by atoms with Gasteiger partial charge in [0.1, 0.15) is 6.10 Å². The molecule has 0 saturated heterocycles. The van der Waals surface area contributed by atoms with Crippen LogP contribution in [0.3, 0.4) is 0 Å². The van der Waals surface area contributed by atoms with E-state index in [1.54, 1.807) is 0 Å². The first kappa shape index (κ1) is 17.5. The van der Waals surface area contributed by atoms with Crippen molar-refractivity contribution >= 4 is 5.97 Å². The number of nitrogens with two attached hydrogens (primary N) is 1. The smallest absolute Gasteiger partial charge is 0.306 e. The third-order valence-corrected chi connectivity index (χ3v) is 4.74.